The lowest BCUT2D eigenvalue weighted by molar-refractivity contribution is 0.0951. The van der Waals surface area contributed by atoms with Crippen LogP contribution >= 0.6 is 0 Å². The number of benzene rings is 1. The van der Waals surface area contributed by atoms with Crippen molar-refractivity contribution in [2.75, 3.05) is 36.5 Å². The average molecular weight is 405 g/mol. The van der Waals surface area contributed by atoms with Gasteiger partial charge in [-0.3, -0.25) is 4.79 Å². The third kappa shape index (κ3) is 3.88. The van der Waals surface area contributed by atoms with Gasteiger partial charge in [0, 0.05) is 30.4 Å². The van der Waals surface area contributed by atoms with E-state index in [1.54, 1.807) is 6.20 Å². The van der Waals surface area contributed by atoms with Crippen molar-refractivity contribution in [1.29, 1.82) is 0 Å². The summed E-state index contributed by atoms with van der Waals surface area (Å²) in [5, 5.41) is 6.37. The minimum atomic E-state index is -0.0509. The first-order chi connectivity index (χ1) is 14.7. The third-order valence-corrected chi connectivity index (χ3v) is 5.32. The lowest BCUT2D eigenvalue weighted by Crippen LogP contribution is -2.37. The minimum Gasteiger partial charge on any atom is -0.378 e. The maximum Gasteiger partial charge on any atom is 0.251 e. The second-order valence-electron chi connectivity index (χ2n) is 7.63. The van der Waals surface area contributed by atoms with Crippen LogP contribution in [0.3, 0.4) is 0 Å². The van der Waals surface area contributed by atoms with Gasteiger partial charge in [-0.25, -0.2) is 19.9 Å². The van der Waals surface area contributed by atoms with Crippen LogP contribution in [0, 0.1) is 6.92 Å². The fourth-order valence-electron chi connectivity index (χ4n) is 3.37. The molecule has 0 radical (unpaired) electrons. The lowest BCUT2D eigenvalue weighted by atomic mass is 10.1. The molecule has 1 saturated carbocycles. The van der Waals surface area contributed by atoms with Crippen LogP contribution in [-0.2, 0) is 4.74 Å². The Morgan fingerprint density at radius 2 is 2.00 bits per heavy atom. The molecule has 2 fully saturated rings. The molecule has 154 valence electrons. The van der Waals surface area contributed by atoms with Gasteiger partial charge < -0.3 is 20.3 Å². The van der Waals surface area contributed by atoms with Gasteiger partial charge in [0.1, 0.15) is 17.4 Å². The Labute approximate surface area is 173 Å². The molecule has 0 spiro atoms. The number of nitrogens with one attached hydrogen (secondary N) is 2. The summed E-state index contributed by atoms with van der Waals surface area (Å²) in [5.74, 6) is 1.17. The van der Waals surface area contributed by atoms with Crippen LogP contribution in [0.15, 0.2) is 30.7 Å². The van der Waals surface area contributed by atoms with Gasteiger partial charge in [0.2, 0.25) is 5.95 Å². The predicted octanol–water partition coefficient (Wildman–Crippen LogP) is 2.20. The Bertz CT molecular complexity index is 1090. The van der Waals surface area contributed by atoms with E-state index in [9.17, 15) is 4.79 Å². The van der Waals surface area contributed by atoms with Crippen LogP contribution in [0.1, 0.15) is 28.8 Å². The van der Waals surface area contributed by atoms with Crippen molar-refractivity contribution in [3.8, 4) is 0 Å². The van der Waals surface area contributed by atoms with Crippen LogP contribution in [0.2, 0.25) is 0 Å². The number of rotatable bonds is 5. The van der Waals surface area contributed by atoms with Gasteiger partial charge in [-0.1, -0.05) is 6.07 Å². The van der Waals surface area contributed by atoms with Crippen molar-refractivity contribution < 1.29 is 9.53 Å². The Morgan fingerprint density at radius 3 is 2.80 bits per heavy atom. The Morgan fingerprint density at radius 1 is 1.17 bits per heavy atom. The first kappa shape index (κ1) is 18.7. The maximum absolute atomic E-state index is 12.4. The highest BCUT2D eigenvalue weighted by atomic mass is 16.5. The quantitative estimate of drug-likeness (QED) is 0.666. The third-order valence-electron chi connectivity index (χ3n) is 5.32. The minimum absolute atomic E-state index is 0.0509. The van der Waals surface area contributed by atoms with E-state index in [4.69, 9.17) is 9.72 Å². The number of aryl methyl sites for hydroxylation is 1. The van der Waals surface area contributed by atoms with Gasteiger partial charge in [-0.05, 0) is 37.5 Å². The van der Waals surface area contributed by atoms with Crippen molar-refractivity contribution in [3.05, 3.63) is 41.9 Å². The maximum atomic E-state index is 12.4. The van der Waals surface area contributed by atoms with E-state index in [2.05, 4.69) is 30.5 Å². The molecule has 1 aromatic carbocycles. The van der Waals surface area contributed by atoms with Crippen molar-refractivity contribution in [2.24, 2.45) is 0 Å². The molecule has 3 aromatic rings. The highest BCUT2D eigenvalue weighted by molar-refractivity contribution is 5.96. The number of ether oxygens (including phenoxy) is 1. The molecule has 0 unspecified atom stereocenters. The SMILES string of the molecule is Cc1ccc(C(=O)NC2CC2)cc1Nc1ncnc2cnc(N3CCOCC3)nc12. The summed E-state index contributed by atoms with van der Waals surface area (Å²) < 4.78 is 5.42. The van der Waals surface area contributed by atoms with E-state index in [1.807, 2.05) is 25.1 Å². The fourth-order valence-corrected chi connectivity index (χ4v) is 3.37. The highest BCUT2D eigenvalue weighted by Crippen LogP contribution is 2.26. The molecule has 2 aliphatic rings. The molecular formula is C21H23N7O2. The standard InChI is InChI=1S/C21H23N7O2/c1-13-2-3-14(20(29)25-15-4-5-15)10-16(13)26-19-18-17(23-12-24-19)11-22-21(27-18)28-6-8-30-9-7-28/h2-3,10-12,15H,4-9H2,1H3,(H,25,29)(H,23,24,26). The molecule has 5 rings (SSSR count). The summed E-state index contributed by atoms with van der Waals surface area (Å²) in [5.41, 5.74) is 3.74. The number of carbonyl (C=O) groups excluding carboxylic acids is 1. The molecule has 3 heterocycles. The van der Waals surface area contributed by atoms with Crippen LogP contribution in [0.25, 0.3) is 11.0 Å². The van der Waals surface area contributed by atoms with Crippen molar-refractivity contribution >= 4 is 34.4 Å². The van der Waals surface area contributed by atoms with Gasteiger partial charge in [0.25, 0.3) is 5.91 Å². The number of nitrogens with zero attached hydrogens (tertiary/aromatic N) is 5. The normalized spacial score (nSPS) is 16.5. The lowest BCUT2D eigenvalue weighted by Gasteiger charge is -2.26. The Kier molecular flexibility index (Phi) is 4.88. The predicted molar refractivity (Wildman–Crippen MR) is 113 cm³/mol. The van der Waals surface area contributed by atoms with Crippen LogP contribution < -0.4 is 15.5 Å². The van der Waals surface area contributed by atoms with Gasteiger partial charge in [-0.15, -0.1) is 0 Å². The van der Waals surface area contributed by atoms with Gasteiger partial charge in [0.15, 0.2) is 5.82 Å². The number of morpholine rings is 1. The van der Waals surface area contributed by atoms with E-state index >= 15 is 0 Å². The summed E-state index contributed by atoms with van der Waals surface area (Å²) in [4.78, 5) is 32.4. The molecule has 1 aliphatic carbocycles. The van der Waals surface area contributed by atoms with Crippen molar-refractivity contribution in [3.63, 3.8) is 0 Å². The number of fused-ring (bicyclic) bond motifs is 1. The monoisotopic (exact) mass is 405 g/mol. The molecule has 2 aromatic heterocycles. The number of hydrogen-bond acceptors (Lipinski definition) is 8. The molecule has 9 heteroatoms. The Hall–Kier alpha value is -3.33. The molecule has 0 atom stereocenters. The van der Waals surface area contributed by atoms with Crippen LogP contribution in [0.4, 0.5) is 17.5 Å². The van der Waals surface area contributed by atoms with Gasteiger partial charge in [-0.2, -0.15) is 0 Å². The van der Waals surface area contributed by atoms with E-state index < -0.39 is 0 Å². The molecule has 1 saturated heterocycles. The van der Waals surface area contributed by atoms with Crippen LogP contribution in [-0.4, -0.2) is 58.2 Å². The van der Waals surface area contributed by atoms with Gasteiger partial charge in [0.05, 0.1) is 19.4 Å². The number of carbonyl (C=O) groups is 1. The first-order valence-corrected chi connectivity index (χ1v) is 10.2. The molecule has 9 nitrogen and oxygen atoms in total. The van der Waals surface area contributed by atoms with Gasteiger partial charge >= 0.3 is 0 Å². The largest absolute Gasteiger partial charge is 0.378 e. The van der Waals surface area contributed by atoms with Crippen LogP contribution in [0.5, 0.6) is 0 Å². The second-order valence-corrected chi connectivity index (χ2v) is 7.63. The zero-order valence-electron chi connectivity index (χ0n) is 16.8. The van der Waals surface area contributed by atoms with E-state index in [0.29, 0.717) is 47.6 Å². The summed E-state index contributed by atoms with van der Waals surface area (Å²) in [6, 6.07) is 5.94. The fraction of sp³-hybridized carbons (Fsp3) is 0.381. The summed E-state index contributed by atoms with van der Waals surface area (Å²) in [7, 11) is 0. The summed E-state index contributed by atoms with van der Waals surface area (Å²) >= 11 is 0. The highest BCUT2D eigenvalue weighted by Gasteiger charge is 2.24. The second kappa shape index (κ2) is 7.83. The van der Waals surface area contributed by atoms with E-state index in [-0.39, 0.29) is 5.91 Å². The molecule has 1 amide bonds. The molecule has 0 bridgehead atoms. The number of anilines is 3. The van der Waals surface area contributed by atoms with E-state index in [0.717, 1.165) is 37.2 Å². The number of hydrogen-bond donors (Lipinski definition) is 2. The molecule has 30 heavy (non-hydrogen) atoms. The number of aromatic nitrogens is 4. The smallest absolute Gasteiger partial charge is 0.251 e. The van der Waals surface area contributed by atoms with Crippen molar-refractivity contribution in [2.45, 2.75) is 25.8 Å². The Balaban J connectivity index is 1.46. The average Bonchev–Trinajstić information content (AvgIpc) is 3.60. The molecule has 2 N–H and O–H groups in total. The zero-order chi connectivity index (χ0) is 20.5. The molecule has 1 aliphatic heterocycles. The zero-order valence-corrected chi connectivity index (χ0v) is 16.8. The molecular weight excluding hydrogens is 382 g/mol. The topological polar surface area (TPSA) is 105 Å². The number of amides is 1. The van der Waals surface area contributed by atoms with Crippen molar-refractivity contribution in [1.82, 2.24) is 25.3 Å². The summed E-state index contributed by atoms with van der Waals surface area (Å²) in [6.07, 6.45) is 5.31. The first-order valence-electron chi connectivity index (χ1n) is 10.2. The summed E-state index contributed by atoms with van der Waals surface area (Å²) in [6.45, 7) is 4.81. The van der Waals surface area contributed by atoms with E-state index in [1.165, 1.54) is 6.33 Å².